The van der Waals surface area contributed by atoms with Crippen molar-refractivity contribution in [3.05, 3.63) is 71.9 Å². The fourth-order valence-corrected chi connectivity index (χ4v) is 3.05. The van der Waals surface area contributed by atoms with Crippen LogP contribution in [0.4, 0.5) is 0 Å². The predicted molar refractivity (Wildman–Crippen MR) is 89.1 cm³/mol. The van der Waals surface area contributed by atoms with E-state index < -0.39 is 0 Å². The Balaban J connectivity index is 2.28. The van der Waals surface area contributed by atoms with Crippen molar-refractivity contribution in [1.29, 1.82) is 0 Å². The van der Waals surface area contributed by atoms with E-state index >= 15 is 0 Å². The minimum Gasteiger partial charge on any atom is -0.196 e. The van der Waals surface area contributed by atoms with Crippen molar-refractivity contribution in [2.24, 2.45) is 14.1 Å². The number of aryl methyl sites for hydroxylation is 3. The number of hydrogen-bond donors (Lipinski definition) is 0. The van der Waals surface area contributed by atoms with Crippen LogP contribution >= 0.6 is 0 Å². The highest BCUT2D eigenvalue weighted by Gasteiger charge is 2.25. The summed E-state index contributed by atoms with van der Waals surface area (Å²) in [6.45, 7) is 4.33. The largest absolute Gasteiger partial charge is 0.280 e. The van der Waals surface area contributed by atoms with Gasteiger partial charge in [-0.15, -0.1) is 0 Å². The van der Waals surface area contributed by atoms with Crippen LogP contribution in [-0.4, -0.2) is 0 Å². The van der Waals surface area contributed by atoms with E-state index in [1.165, 1.54) is 33.8 Å². The van der Waals surface area contributed by atoms with Crippen LogP contribution in [0.3, 0.4) is 0 Å². The second-order valence-electron chi connectivity index (χ2n) is 5.82. The summed E-state index contributed by atoms with van der Waals surface area (Å²) in [4.78, 5) is 0. The van der Waals surface area contributed by atoms with Crippen molar-refractivity contribution in [3.63, 3.8) is 0 Å². The van der Waals surface area contributed by atoms with Crippen LogP contribution in [0.2, 0.25) is 0 Å². The van der Waals surface area contributed by atoms with E-state index in [4.69, 9.17) is 0 Å². The molecule has 0 aliphatic carbocycles. The maximum Gasteiger partial charge on any atom is 0.280 e. The molecule has 0 aliphatic heterocycles. The fraction of sp³-hybridized carbons (Fsp3) is 0.200. The van der Waals surface area contributed by atoms with Crippen molar-refractivity contribution >= 4 is 0 Å². The summed E-state index contributed by atoms with van der Waals surface area (Å²) in [5.74, 6) is 0. The first-order chi connectivity index (χ1) is 10.6. The van der Waals surface area contributed by atoms with Gasteiger partial charge in [0.25, 0.3) is 11.4 Å². The first-order valence-corrected chi connectivity index (χ1v) is 7.60. The molecular formula is C20H22N2+2. The number of aromatic nitrogens is 2. The average Bonchev–Trinajstić information content (AvgIpc) is 2.50. The van der Waals surface area contributed by atoms with E-state index in [9.17, 15) is 0 Å². The second-order valence-corrected chi connectivity index (χ2v) is 5.82. The molecular weight excluding hydrogens is 268 g/mol. The lowest BCUT2D eigenvalue weighted by atomic mass is 10.0. The average molecular weight is 290 g/mol. The van der Waals surface area contributed by atoms with Crippen LogP contribution in [0.5, 0.6) is 0 Å². The van der Waals surface area contributed by atoms with Gasteiger partial charge in [0.1, 0.15) is 14.1 Å². The van der Waals surface area contributed by atoms with Gasteiger partial charge in [-0.2, -0.15) is 9.13 Å². The first kappa shape index (κ1) is 14.5. The number of hydrogen-bond acceptors (Lipinski definition) is 0. The quantitative estimate of drug-likeness (QED) is 0.640. The van der Waals surface area contributed by atoms with Crippen LogP contribution in [0.25, 0.3) is 22.6 Å². The van der Waals surface area contributed by atoms with E-state index in [-0.39, 0.29) is 0 Å². The van der Waals surface area contributed by atoms with Gasteiger partial charge in [0.2, 0.25) is 5.69 Å². The molecule has 0 radical (unpaired) electrons. The summed E-state index contributed by atoms with van der Waals surface area (Å²) in [5, 5.41) is 0. The van der Waals surface area contributed by atoms with E-state index in [0.717, 1.165) is 0 Å². The zero-order valence-corrected chi connectivity index (χ0v) is 13.7. The zero-order valence-electron chi connectivity index (χ0n) is 13.7. The van der Waals surface area contributed by atoms with Gasteiger partial charge in [-0.1, -0.05) is 18.2 Å². The van der Waals surface area contributed by atoms with E-state index in [1.54, 1.807) is 0 Å². The molecule has 2 heterocycles. The van der Waals surface area contributed by atoms with E-state index in [0.29, 0.717) is 0 Å². The Morgan fingerprint density at radius 3 is 2.14 bits per heavy atom. The maximum absolute atomic E-state index is 2.30. The molecule has 0 fully saturated rings. The van der Waals surface area contributed by atoms with Gasteiger partial charge in [0.15, 0.2) is 6.20 Å². The highest BCUT2D eigenvalue weighted by molar-refractivity contribution is 5.63. The lowest BCUT2D eigenvalue weighted by molar-refractivity contribution is -0.685. The summed E-state index contributed by atoms with van der Waals surface area (Å²) in [7, 11) is 4.24. The van der Waals surface area contributed by atoms with Gasteiger partial charge >= 0.3 is 0 Å². The lowest BCUT2D eigenvalue weighted by Crippen LogP contribution is -2.40. The van der Waals surface area contributed by atoms with Crippen LogP contribution in [0, 0.1) is 13.8 Å². The molecule has 2 heteroatoms. The van der Waals surface area contributed by atoms with Gasteiger partial charge in [0, 0.05) is 29.3 Å². The Kier molecular flexibility index (Phi) is 3.76. The summed E-state index contributed by atoms with van der Waals surface area (Å²) in [6.07, 6.45) is 2.09. The molecule has 0 spiro atoms. The molecule has 0 bridgehead atoms. The fourth-order valence-electron chi connectivity index (χ4n) is 3.05. The number of pyridine rings is 2. The third-order valence-electron chi connectivity index (χ3n) is 4.28. The highest BCUT2D eigenvalue weighted by atomic mass is 15.0. The molecule has 0 aliphatic rings. The minimum absolute atomic E-state index is 1.22. The van der Waals surface area contributed by atoms with E-state index in [1.807, 2.05) is 0 Å². The number of rotatable bonds is 2. The smallest absolute Gasteiger partial charge is 0.196 e. The number of benzene rings is 1. The number of nitrogens with zero attached hydrogens (tertiary/aromatic N) is 2. The van der Waals surface area contributed by atoms with Crippen molar-refractivity contribution in [2.45, 2.75) is 13.8 Å². The summed E-state index contributed by atoms with van der Waals surface area (Å²) in [6, 6.07) is 19.3. The van der Waals surface area contributed by atoms with E-state index in [2.05, 4.69) is 97.9 Å². The normalized spacial score (nSPS) is 10.7. The molecule has 110 valence electrons. The summed E-state index contributed by atoms with van der Waals surface area (Å²) in [5.41, 5.74) is 7.57. The summed E-state index contributed by atoms with van der Waals surface area (Å²) >= 11 is 0. The van der Waals surface area contributed by atoms with Crippen LogP contribution in [0.15, 0.2) is 60.8 Å². The van der Waals surface area contributed by atoms with Crippen LogP contribution < -0.4 is 9.13 Å². The Bertz CT molecular complexity index is 835. The summed E-state index contributed by atoms with van der Waals surface area (Å²) < 4.78 is 4.47. The molecule has 3 aromatic rings. The Morgan fingerprint density at radius 2 is 1.41 bits per heavy atom. The maximum atomic E-state index is 2.30. The third-order valence-corrected chi connectivity index (χ3v) is 4.28. The SMILES string of the molecule is Cc1ccccc1-c1ccc(C)c(-c2cccc[n+]2C)[n+]1C. The van der Waals surface area contributed by atoms with Gasteiger partial charge < -0.3 is 0 Å². The minimum atomic E-state index is 1.22. The molecule has 0 amide bonds. The second kappa shape index (κ2) is 5.72. The van der Waals surface area contributed by atoms with Crippen molar-refractivity contribution in [3.8, 4) is 22.6 Å². The zero-order chi connectivity index (χ0) is 15.7. The molecule has 0 atom stereocenters. The molecule has 3 rings (SSSR count). The van der Waals surface area contributed by atoms with Crippen molar-refractivity contribution in [1.82, 2.24) is 0 Å². The predicted octanol–water partition coefficient (Wildman–Crippen LogP) is 3.29. The lowest BCUT2D eigenvalue weighted by Gasteiger charge is -2.08. The third kappa shape index (κ3) is 2.41. The molecule has 2 nitrogen and oxygen atoms in total. The Morgan fingerprint density at radius 1 is 0.682 bits per heavy atom. The Labute approximate surface area is 132 Å². The molecule has 2 aromatic heterocycles. The van der Waals surface area contributed by atoms with Crippen LogP contribution in [0.1, 0.15) is 11.1 Å². The topological polar surface area (TPSA) is 7.76 Å². The molecule has 1 aromatic carbocycles. The van der Waals surface area contributed by atoms with Crippen LogP contribution in [-0.2, 0) is 14.1 Å². The Hall–Kier alpha value is -2.48. The molecule has 0 unspecified atom stereocenters. The van der Waals surface area contributed by atoms with Crippen molar-refractivity contribution in [2.75, 3.05) is 0 Å². The molecule has 0 N–H and O–H groups in total. The highest BCUT2D eigenvalue weighted by Crippen LogP contribution is 2.24. The standard InChI is InChI=1S/C20H22N2/c1-15-9-5-6-10-17(15)18-13-12-16(2)20(22(18)4)19-11-7-8-14-21(19)3/h5-14H,1-4H3/q+2. The molecule has 22 heavy (non-hydrogen) atoms. The van der Waals surface area contributed by atoms with Gasteiger partial charge in [0.05, 0.1) is 0 Å². The first-order valence-electron chi connectivity index (χ1n) is 7.60. The van der Waals surface area contributed by atoms with Crippen molar-refractivity contribution < 1.29 is 9.13 Å². The van der Waals surface area contributed by atoms with Gasteiger partial charge in [-0.05, 0) is 37.6 Å². The van der Waals surface area contributed by atoms with Gasteiger partial charge in [-0.25, -0.2) is 0 Å². The molecule has 0 saturated heterocycles. The van der Waals surface area contributed by atoms with Gasteiger partial charge in [-0.3, -0.25) is 0 Å². The molecule has 0 saturated carbocycles. The monoisotopic (exact) mass is 290 g/mol.